The van der Waals surface area contributed by atoms with E-state index in [-0.39, 0.29) is 17.7 Å². The highest BCUT2D eigenvalue weighted by Gasteiger charge is 2.56. The number of hydrogen-bond donors (Lipinski definition) is 2. The summed E-state index contributed by atoms with van der Waals surface area (Å²) >= 11 is 0. The van der Waals surface area contributed by atoms with Gasteiger partial charge in [0, 0.05) is 43.8 Å². The van der Waals surface area contributed by atoms with Gasteiger partial charge in [-0.3, -0.25) is 9.59 Å². The molecule has 2 aliphatic rings. The minimum Gasteiger partial charge on any atom is -0.351 e. The van der Waals surface area contributed by atoms with Crippen LogP contribution in [0.15, 0.2) is 30.6 Å². The van der Waals surface area contributed by atoms with Gasteiger partial charge in [0.05, 0.1) is 11.6 Å². The van der Waals surface area contributed by atoms with E-state index in [1.165, 1.54) is 0 Å². The second-order valence-electron chi connectivity index (χ2n) is 9.03. The molecule has 172 valence electrons. The van der Waals surface area contributed by atoms with Crippen molar-refractivity contribution in [3.63, 3.8) is 0 Å². The lowest BCUT2D eigenvalue weighted by Gasteiger charge is -2.21. The number of nitrogens with zero attached hydrogens (tertiary/aromatic N) is 5. The predicted octanol–water partition coefficient (Wildman–Crippen LogP) is 2.48. The van der Waals surface area contributed by atoms with Crippen molar-refractivity contribution in [2.24, 2.45) is 11.3 Å². The first-order chi connectivity index (χ1) is 15.8. The molecule has 33 heavy (non-hydrogen) atoms. The fourth-order valence-corrected chi connectivity index (χ4v) is 4.27. The molecule has 4 rings (SSSR count). The minimum absolute atomic E-state index is 0.108. The molecule has 0 unspecified atom stereocenters. The number of anilines is 3. The Morgan fingerprint density at radius 2 is 2.06 bits per heavy atom. The Kier molecular flexibility index (Phi) is 6.29. The Hall–Kier alpha value is -3.51. The average molecular weight is 448 g/mol. The van der Waals surface area contributed by atoms with Crippen LogP contribution >= 0.6 is 0 Å². The van der Waals surface area contributed by atoms with E-state index in [1.807, 2.05) is 25.9 Å². The number of nitriles is 1. The van der Waals surface area contributed by atoms with E-state index < -0.39 is 5.41 Å². The van der Waals surface area contributed by atoms with Gasteiger partial charge in [0.2, 0.25) is 5.91 Å². The van der Waals surface area contributed by atoms with Crippen LogP contribution in [0.2, 0.25) is 0 Å². The van der Waals surface area contributed by atoms with Crippen molar-refractivity contribution in [1.29, 1.82) is 5.26 Å². The van der Waals surface area contributed by atoms with Crippen LogP contribution in [0.4, 0.5) is 17.3 Å². The van der Waals surface area contributed by atoms with Gasteiger partial charge in [-0.15, -0.1) is 0 Å². The number of carbonyl (C=O) groups is 2. The Bertz CT molecular complexity index is 1110. The number of carbonyl (C=O) groups excluding carboxylic acids is 2. The molecule has 0 bridgehead atoms. The summed E-state index contributed by atoms with van der Waals surface area (Å²) in [6.07, 6.45) is 5.65. The number of pyridine rings is 2. The van der Waals surface area contributed by atoms with Crippen molar-refractivity contribution < 1.29 is 9.59 Å². The van der Waals surface area contributed by atoms with Gasteiger partial charge < -0.3 is 20.4 Å². The van der Waals surface area contributed by atoms with E-state index in [1.54, 1.807) is 35.5 Å². The zero-order chi connectivity index (χ0) is 23.6. The van der Waals surface area contributed by atoms with Crippen LogP contribution in [-0.2, 0) is 4.79 Å². The number of nitrogens with one attached hydrogen (secondary N) is 2. The summed E-state index contributed by atoms with van der Waals surface area (Å²) in [5.41, 5.74) is 1.16. The number of amides is 2. The van der Waals surface area contributed by atoms with Gasteiger partial charge in [0.25, 0.3) is 5.91 Å². The van der Waals surface area contributed by atoms with E-state index in [4.69, 9.17) is 0 Å². The molecule has 1 aliphatic carbocycles. The lowest BCUT2D eigenvalue weighted by Crippen LogP contribution is -2.35. The molecule has 1 aliphatic heterocycles. The number of aryl methyl sites for hydroxylation is 1. The largest absolute Gasteiger partial charge is 0.351 e. The molecular formula is C24H29N7O2. The molecule has 2 aromatic rings. The summed E-state index contributed by atoms with van der Waals surface area (Å²) in [5.74, 6) is 1.02. The predicted molar refractivity (Wildman–Crippen MR) is 125 cm³/mol. The standard InChI is InChI=1S/C24H29N7O2/c1-16-12-20(28-14-19(16)22(32)27-9-11-30(2)3)29-21-13-18(6-8-26-21)31-10-7-24(15-25,23(31)33)17-4-5-17/h6,8,12-14,17H,4-5,7,9-11H2,1-3H3,(H,27,32)(H,26,28,29)/t24-/m1/s1. The summed E-state index contributed by atoms with van der Waals surface area (Å²) in [6, 6.07) is 7.68. The lowest BCUT2D eigenvalue weighted by molar-refractivity contribution is -0.123. The fourth-order valence-electron chi connectivity index (χ4n) is 4.27. The Labute approximate surface area is 193 Å². The van der Waals surface area contributed by atoms with Crippen molar-refractivity contribution in [2.45, 2.75) is 26.2 Å². The van der Waals surface area contributed by atoms with E-state index in [0.717, 1.165) is 24.9 Å². The monoisotopic (exact) mass is 447 g/mol. The first-order valence-electron chi connectivity index (χ1n) is 11.2. The maximum atomic E-state index is 13.1. The van der Waals surface area contributed by atoms with E-state index >= 15 is 0 Å². The molecule has 9 heteroatoms. The van der Waals surface area contributed by atoms with Gasteiger partial charge in [-0.2, -0.15) is 5.26 Å². The zero-order valence-corrected chi connectivity index (χ0v) is 19.3. The number of aromatic nitrogens is 2. The Morgan fingerprint density at radius 3 is 2.73 bits per heavy atom. The first kappa shape index (κ1) is 22.7. The van der Waals surface area contributed by atoms with Crippen LogP contribution in [0, 0.1) is 29.6 Å². The van der Waals surface area contributed by atoms with Crippen molar-refractivity contribution in [1.82, 2.24) is 20.2 Å². The number of rotatable bonds is 8. The second-order valence-corrected chi connectivity index (χ2v) is 9.03. The summed E-state index contributed by atoms with van der Waals surface area (Å²) in [4.78, 5) is 37.9. The van der Waals surface area contributed by atoms with Crippen LogP contribution in [0.25, 0.3) is 0 Å². The molecule has 9 nitrogen and oxygen atoms in total. The van der Waals surface area contributed by atoms with Gasteiger partial charge in [0.15, 0.2) is 0 Å². The summed E-state index contributed by atoms with van der Waals surface area (Å²) in [7, 11) is 3.91. The molecule has 2 aromatic heterocycles. The van der Waals surface area contributed by atoms with Gasteiger partial charge in [-0.1, -0.05) is 0 Å². The highest BCUT2D eigenvalue weighted by atomic mass is 16.2. The maximum Gasteiger partial charge on any atom is 0.253 e. The van der Waals surface area contributed by atoms with Gasteiger partial charge >= 0.3 is 0 Å². The van der Waals surface area contributed by atoms with Crippen LogP contribution in [-0.4, -0.2) is 60.4 Å². The highest BCUT2D eigenvalue weighted by Crippen LogP contribution is 2.51. The van der Waals surface area contributed by atoms with Crippen LogP contribution in [0.1, 0.15) is 35.2 Å². The van der Waals surface area contributed by atoms with Crippen molar-refractivity contribution in [2.75, 3.05) is 43.9 Å². The Balaban J connectivity index is 1.45. The molecular weight excluding hydrogens is 418 g/mol. The molecule has 1 saturated heterocycles. The summed E-state index contributed by atoms with van der Waals surface area (Å²) in [5, 5.41) is 15.8. The van der Waals surface area contributed by atoms with Crippen molar-refractivity contribution >= 4 is 29.1 Å². The van der Waals surface area contributed by atoms with Crippen molar-refractivity contribution in [3.8, 4) is 6.07 Å². The summed E-state index contributed by atoms with van der Waals surface area (Å²) in [6.45, 7) is 3.71. The molecule has 2 N–H and O–H groups in total. The molecule has 1 saturated carbocycles. The lowest BCUT2D eigenvalue weighted by atomic mass is 9.83. The third-order valence-corrected chi connectivity index (χ3v) is 6.34. The van der Waals surface area contributed by atoms with Crippen LogP contribution < -0.4 is 15.5 Å². The Morgan fingerprint density at radius 1 is 1.30 bits per heavy atom. The smallest absolute Gasteiger partial charge is 0.253 e. The number of likely N-dealkylation sites (N-methyl/N-ethyl adjacent to an activating group) is 1. The first-order valence-corrected chi connectivity index (χ1v) is 11.2. The quantitative estimate of drug-likeness (QED) is 0.639. The van der Waals surface area contributed by atoms with Gasteiger partial charge in [-0.25, -0.2) is 9.97 Å². The van der Waals surface area contributed by atoms with Gasteiger partial charge in [0.1, 0.15) is 17.1 Å². The normalized spacial score (nSPS) is 20.1. The van der Waals surface area contributed by atoms with Crippen molar-refractivity contribution in [3.05, 3.63) is 41.7 Å². The van der Waals surface area contributed by atoms with Crippen LogP contribution in [0.3, 0.4) is 0 Å². The van der Waals surface area contributed by atoms with Crippen LogP contribution in [0.5, 0.6) is 0 Å². The van der Waals surface area contributed by atoms with E-state index in [2.05, 4.69) is 26.7 Å². The van der Waals surface area contributed by atoms with Gasteiger partial charge in [-0.05, 0) is 63.9 Å². The third-order valence-electron chi connectivity index (χ3n) is 6.34. The topological polar surface area (TPSA) is 114 Å². The zero-order valence-electron chi connectivity index (χ0n) is 19.3. The SMILES string of the molecule is Cc1cc(Nc2cc(N3CC[C@@](C#N)(C4CC4)C3=O)ccn2)ncc1C(=O)NCCN(C)C. The summed E-state index contributed by atoms with van der Waals surface area (Å²) < 4.78 is 0. The molecule has 2 amide bonds. The molecule has 3 heterocycles. The fraction of sp³-hybridized carbons (Fsp3) is 0.458. The second kappa shape index (κ2) is 9.16. The molecule has 0 radical (unpaired) electrons. The number of hydrogen-bond acceptors (Lipinski definition) is 7. The van der Waals surface area contributed by atoms with E-state index in [0.29, 0.717) is 42.4 Å². The van der Waals surface area contributed by atoms with E-state index in [9.17, 15) is 14.9 Å². The molecule has 1 atom stereocenters. The molecule has 2 fully saturated rings. The minimum atomic E-state index is -0.877. The molecule has 0 spiro atoms. The highest BCUT2D eigenvalue weighted by molar-refractivity contribution is 6.02. The third kappa shape index (κ3) is 4.66. The average Bonchev–Trinajstić information content (AvgIpc) is 3.57. The molecule has 0 aromatic carbocycles. The maximum absolute atomic E-state index is 13.1.